The van der Waals surface area contributed by atoms with Crippen molar-refractivity contribution in [1.82, 2.24) is 20.1 Å². The maximum atomic E-state index is 12.6. The number of rotatable bonds is 8. The predicted molar refractivity (Wildman–Crippen MR) is 128 cm³/mol. The minimum absolute atomic E-state index is 0.0627. The first-order chi connectivity index (χ1) is 15.5. The Morgan fingerprint density at radius 2 is 1.84 bits per heavy atom. The molecule has 32 heavy (non-hydrogen) atoms. The number of ether oxygens (including phenoxy) is 1. The van der Waals surface area contributed by atoms with Crippen LogP contribution in [0.3, 0.4) is 0 Å². The first kappa shape index (κ1) is 22.2. The summed E-state index contributed by atoms with van der Waals surface area (Å²) in [6.45, 7) is 2.23. The van der Waals surface area contributed by atoms with Crippen molar-refractivity contribution in [2.24, 2.45) is 7.05 Å². The minimum atomic E-state index is -0.103. The van der Waals surface area contributed by atoms with Crippen LogP contribution >= 0.6 is 23.4 Å². The number of benzene rings is 3. The van der Waals surface area contributed by atoms with Crippen molar-refractivity contribution in [3.05, 3.63) is 83.1 Å². The second-order valence-electron chi connectivity index (χ2n) is 7.32. The number of nitrogens with one attached hydrogen (secondary N) is 1. The zero-order valence-electron chi connectivity index (χ0n) is 17.8. The highest BCUT2D eigenvalue weighted by molar-refractivity contribution is 7.99. The van der Waals surface area contributed by atoms with Crippen LogP contribution in [0.4, 0.5) is 0 Å². The first-order valence-electron chi connectivity index (χ1n) is 10.2. The van der Waals surface area contributed by atoms with E-state index in [0.717, 1.165) is 16.3 Å². The molecule has 0 aliphatic heterocycles. The zero-order chi connectivity index (χ0) is 22.5. The summed E-state index contributed by atoms with van der Waals surface area (Å²) in [5.41, 5.74) is 1.10. The van der Waals surface area contributed by atoms with E-state index in [9.17, 15) is 4.79 Å². The standard InChI is InChI=1S/C24H23ClN4O2S/c1-16(18-11-7-9-17-8-3-4-10-19(17)18)26-23(30)15-32-24-28-27-22(29(24)2)14-31-21-13-6-5-12-20(21)25/h3-13,16H,14-15H2,1-2H3,(H,26,30)/t16-/m0/s1. The highest BCUT2D eigenvalue weighted by Gasteiger charge is 2.15. The molecule has 1 heterocycles. The molecule has 0 aliphatic carbocycles. The number of aromatic nitrogens is 3. The Kier molecular flexibility index (Phi) is 6.97. The van der Waals surface area contributed by atoms with Crippen molar-refractivity contribution in [2.75, 3.05) is 5.75 Å². The summed E-state index contributed by atoms with van der Waals surface area (Å²) in [4.78, 5) is 12.6. The molecular formula is C24H23ClN4O2S. The van der Waals surface area contributed by atoms with E-state index in [4.69, 9.17) is 16.3 Å². The molecule has 1 amide bonds. The Balaban J connectivity index is 1.33. The third-order valence-electron chi connectivity index (χ3n) is 5.12. The zero-order valence-corrected chi connectivity index (χ0v) is 19.4. The molecule has 0 saturated heterocycles. The van der Waals surface area contributed by atoms with Crippen LogP contribution in [0.15, 0.2) is 71.9 Å². The van der Waals surface area contributed by atoms with Gasteiger partial charge in [-0.1, -0.05) is 78.0 Å². The SMILES string of the molecule is C[C@H](NC(=O)CSc1nnc(COc2ccccc2Cl)n1C)c1cccc2ccccc12. The van der Waals surface area contributed by atoms with Crippen molar-refractivity contribution in [1.29, 1.82) is 0 Å². The molecular weight excluding hydrogens is 444 g/mol. The van der Waals surface area contributed by atoms with Crippen LogP contribution in [0.25, 0.3) is 10.8 Å². The van der Waals surface area contributed by atoms with Gasteiger partial charge in [0.15, 0.2) is 11.0 Å². The van der Waals surface area contributed by atoms with Gasteiger partial charge in [-0.2, -0.15) is 0 Å². The fourth-order valence-corrected chi connectivity index (χ4v) is 4.35. The number of thioether (sulfide) groups is 1. The molecule has 3 aromatic carbocycles. The van der Waals surface area contributed by atoms with Crippen LogP contribution < -0.4 is 10.1 Å². The van der Waals surface area contributed by atoms with Crippen LogP contribution in [0.2, 0.25) is 5.02 Å². The molecule has 6 nitrogen and oxygen atoms in total. The summed E-state index contributed by atoms with van der Waals surface area (Å²) in [7, 11) is 1.85. The molecule has 0 unspecified atom stereocenters. The van der Waals surface area contributed by atoms with Gasteiger partial charge in [0.1, 0.15) is 12.4 Å². The van der Waals surface area contributed by atoms with Gasteiger partial charge in [0.2, 0.25) is 5.91 Å². The number of carbonyl (C=O) groups excluding carboxylic acids is 1. The van der Waals surface area contributed by atoms with Crippen LogP contribution in [0.1, 0.15) is 24.4 Å². The van der Waals surface area contributed by atoms with Gasteiger partial charge in [0, 0.05) is 7.05 Å². The molecule has 8 heteroatoms. The third-order valence-corrected chi connectivity index (χ3v) is 6.45. The lowest BCUT2D eigenvalue weighted by Gasteiger charge is -2.16. The Morgan fingerprint density at radius 1 is 1.09 bits per heavy atom. The fraction of sp³-hybridized carbons (Fsp3) is 0.208. The molecule has 4 rings (SSSR count). The highest BCUT2D eigenvalue weighted by Crippen LogP contribution is 2.26. The Morgan fingerprint density at radius 3 is 2.69 bits per heavy atom. The average molecular weight is 467 g/mol. The molecule has 1 N–H and O–H groups in total. The third kappa shape index (κ3) is 5.06. The lowest BCUT2D eigenvalue weighted by Crippen LogP contribution is -2.28. The molecule has 0 fully saturated rings. The van der Waals surface area contributed by atoms with Gasteiger partial charge < -0.3 is 14.6 Å². The minimum Gasteiger partial charge on any atom is -0.484 e. The molecule has 0 spiro atoms. The lowest BCUT2D eigenvalue weighted by molar-refractivity contribution is -0.119. The van der Waals surface area contributed by atoms with Gasteiger partial charge in [-0.05, 0) is 35.4 Å². The quantitative estimate of drug-likeness (QED) is 0.363. The topological polar surface area (TPSA) is 69.0 Å². The number of carbonyl (C=O) groups is 1. The normalized spacial score (nSPS) is 12.0. The Labute approximate surface area is 195 Å². The van der Waals surface area contributed by atoms with Gasteiger partial charge in [0.25, 0.3) is 0 Å². The first-order valence-corrected chi connectivity index (χ1v) is 11.5. The van der Waals surface area contributed by atoms with Gasteiger partial charge >= 0.3 is 0 Å². The molecule has 0 radical (unpaired) electrons. The molecule has 0 saturated carbocycles. The number of nitrogens with zero attached hydrogens (tertiary/aromatic N) is 3. The fourth-order valence-electron chi connectivity index (χ4n) is 3.42. The van der Waals surface area contributed by atoms with E-state index in [-0.39, 0.29) is 24.3 Å². The van der Waals surface area contributed by atoms with E-state index >= 15 is 0 Å². The Bertz CT molecular complexity index is 1240. The number of hydrogen-bond acceptors (Lipinski definition) is 5. The predicted octanol–water partition coefficient (Wildman–Crippen LogP) is 5.17. The monoisotopic (exact) mass is 466 g/mol. The summed E-state index contributed by atoms with van der Waals surface area (Å²) < 4.78 is 7.56. The van der Waals surface area contributed by atoms with E-state index in [1.54, 1.807) is 12.1 Å². The van der Waals surface area contributed by atoms with Crippen molar-refractivity contribution >= 4 is 40.0 Å². The van der Waals surface area contributed by atoms with Gasteiger partial charge in [-0.25, -0.2) is 0 Å². The molecule has 164 valence electrons. The smallest absolute Gasteiger partial charge is 0.230 e. The van der Waals surface area contributed by atoms with Gasteiger partial charge in [-0.3, -0.25) is 4.79 Å². The number of amides is 1. The summed E-state index contributed by atoms with van der Waals surface area (Å²) in [6.07, 6.45) is 0. The van der Waals surface area contributed by atoms with Crippen molar-refractivity contribution in [2.45, 2.75) is 24.7 Å². The molecule has 4 aromatic rings. The van der Waals surface area contributed by atoms with E-state index in [1.807, 2.05) is 54.9 Å². The maximum Gasteiger partial charge on any atom is 0.230 e. The van der Waals surface area contributed by atoms with Crippen LogP contribution in [0.5, 0.6) is 5.75 Å². The summed E-state index contributed by atoms with van der Waals surface area (Å²) in [6, 6.07) is 21.5. The highest BCUT2D eigenvalue weighted by atomic mass is 35.5. The summed E-state index contributed by atoms with van der Waals surface area (Å²) in [5, 5.41) is 14.9. The van der Waals surface area contributed by atoms with Crippen molar-refractivity contribution in [3.63, 3.8) is 0 Å². The number of fused-ring (bicyclic) bond motifs is 1. The molecule has 1 aromatic heterocycles. The van der Waals surface area contributed by atoms with Crippen LogP contribution in [0, 0.1) is 0 Å². The second kappa shape index (κ2) is 10.1. The second-order valence-corrected chi connectivity index (χ2v) is 8.67. The maximum absolute atomic E-state index is 12.6. The molecule has 0 aliphatic rings. The summed E-state index contributed by atoms with van der Waals surface area (Å²) in [5.74, 6) is 1.42. The van der Waals surface area contributed by atoms with E-state index < -0.39 is 0 Å². The number of para-hydroxylation sites is 1. The molecule has 1 atom stereocenters. The lowest BCUT2D eigenvalue weighted by atomic mass is 10.00. The summed E-state index contributed by atoms with van der Waals surface area (Å²) >= 11 is 7.46. The van der Waals surface area contributed by atoms with Gasteiger partial charge in [-0.15, -0.1) is 10.2 Å². The average Bonchev–Trinajstić information content (AvgIpc) is 3.16. The number of halogens is 1. The van der Waals surface area contributed by atoms with Gasteiger partial charge in [0.05, 0.1) is 16.8 Å². The number of hydrogen-bond donors (Lipinski definition) is 1. The molecule has 0 bridgehead atoms. The van der Waals surface area contributed by atoms with E-state index in [0.29, 0.717) is 21.8 Å². The van der Waals surface area contributed by atoms with E-state index in [2.05, 4.69) is 33.7 Å². The largest absolute Gasteiger partial charge is 0.484 e. The van der Waals surface area contributed by atoms with Crippen molar-refractivity contribution in [3.8, 4) is 5.75 Å². The van der Waals surface area contributed by atoms with Crippen LogP contribution in [-0.4, -0.2) is 26.4 Å². The van der Waals surface area contributed by atoms with Crippen molar-refractivity contribution < 1.29 is 9.53 Å². The van der Waals surface area contributed by atoms with Crippen LogP contribution in [-0.2, 0) is 18.4 Å². The van der Waals surface area contributed by atoms with E-state index in [1.165, 1.54) is 11.8 Å². The Hall–Kier alpha value is -3.03.